The zero-order valence-corrected chi connectivity index (χ0v) is 9.26. The maximum absolute atomic E-state index is 5.45. The minimum absolute atomic E-state index is 0.101. The fraction of sp³-hybridized carbons (Fsp3) is 1.00. The van der Waals surface area contributed by atoms with Crippen LogP contribution in [0.15, 0.2) is 0 Å². The fourth-order valence-electron chi connectivity index (χ4n) is 1.46. The number of nitrogens with two attached hydrogens (primary N) is 2. The number of hydrogen-bond acceptors (Lipinski definition) is 2. The standard InChI is InChI=1S/C11H26N2/c1-10(2)8-6-4-3-5-7-9-11(12)13/h10-11H,3-9,12-13H2,1-2H3. The molecular weight excluding hydrogens is 160 g/mol. The molecule has 2 heteroatoms. The highest BCUT2D eigenvalue weighted by molar-refractivity contribution is 4.52. The molecule has 0 bridgehead atoms. The average Bonchev–Trinajstić information content (AvgIpc) is 2.01. The van der Waals surface area contributed by atoms with Crippen LogP contribution in [0.3, 0.4) is 0 Å². The SMILES string of the molecule is CC(C)CCCCCCCC(N)N. The molecule has 0 saturated heterocycles. The predicted octanol–water partition coefficient (Wildman–Crippen LogP) is 2.62. The minimum atomic E-state index is -0.101. The summed E-state index contributed by atoms with van der Waals surface area (Å²) in [6, 6.07) is 0. The molecule has 80 valence electrons. The van der Waals surface area contributed by atoms with Crippen molar-refractivity contribution in [1.82, 2.24) is 0 Å². The van der Waals surface area contributed by atoms with Gasteiger partial charge in [0.2, 0.25) is 0 Å². The Balaban J connectivity index is 2.92. The Kier molecular flexibility index (Phi) is 8.46. The summed E-state index contributed by atoms with van der Waals surface area (Å²) < 4.78 is 0. The quantitative estimate of drug-likeness (QED) is 0.452. The Morgan fingerprint density at radius 3 is 1.69 bits per heavy atom. The molecule has 0 atom stereocenters. The van der Waals surface area contributed by atoms with E-state index in [0.717, 1.165) is 12.3 Å². The molecule has 0 aromatic rings. The van der Waals surface area contributed by atoms with Crippen LogP contribution in [0.1, 0.15) is 58.8 Å². The Morgan fingerprint density at radius 2 is 1.23 bits per heavy atom. The van der Waals surface area contributed by atoms with Crippen molar-refractivity contribution in [3.63, 3.8) is 0 Å². The van der Waals surface area contributed by atoms with Gasteiger partial charge in [0, 0.05) is 0 Å². The lowest BCUT2D eigenvalue weighted by Gasteiger charge is -2.05. The van der Waals surface area contributed by atoms with Gasteiger partial charge in [-0.05, 0) is 12.3 Å². The van der Waals surface area contributed by atoms with Gasteiger partial charge in [-0.1, -0.05) is 52.4 Å². The van der Waals surface area contributed by atoms with Crippen molar-refractivity contribution in [2.75, 3.05) is 0 Å². The van der Waals surface area contributed by atoms with Crippen molar-refractivity contribution in [2.24, 2.45) is 17.4 Å². The van der Waals surface area contributed by atoms with Crippen molar-refractivity contribution in [3.8, 4) is 0 Å². The lowest BCUT2D eigenvalue weighted by atomic mass is 10.0. The third kappa shape index (κ3) is 11.9. The van der Waals surface area contributed by atoms with Gasteiger partial charge in [0.15, 0.2) is 0 Å². The first-order chi connectivity index (χ1) is 6.13. The van der Waals surface area contributed by atoms with Crippen LogP contribution in [-0.2, 0) is 0 Å². The summed E-state index contributed by atoms with van der Waals surface area (Å²) in [5.74, 6) is 0.859. The molecule has 0 aromatic heterocycles. The van der Waals surface area contributed by atoms with E-state index in [1.165, 1.54) is 38.5 Å². The van der Waals surface area contributed by atoms with E-state index >= 15 is 0 Å². The minimum Gasteiger partial charge on any atom is -0.316 e. The molecular formula is C11H26N2. The number of rotatable bonds is 8. The van der Waals surface area contributed by atoms with Gasteiger partial charge in [-0.3, -0.25) is 0 Å². The Morgan fingerprint density at radius 1 is 0.769 bits per heavy atom. The summed E-state index contributed by atoms with van der Waals surface area (Å²) in [4.78, 5) is 0. The largest absolute Gasteiger partial charge is 0.316 e. The smallest absolute Gasteiger partial charge is 0.0520 e. The first-order valence-electron chi connectivity index (χ1n) is 5.64. The third-order valence-corrected chi connectivity index (χ3v) is 2.32. The van der Waals surface area contributed by atoms with Gasteiger partial charge < -0.3 is 11.5 Å². The van der Waals surface area contributed by atoms with E-state index in [2.05, 4.69) is 13.8 Å². The lowest BCUT2D eigenvalue weighted by molar-refractivity contribution is 0.501. The van der Waals surface area contributed by atoms with Crippen molar-refractivity contribution in [2.45, 2.75) is 65.0 Å². The first-order valence-corrected chi connectivity index (χ1v) is 5.64. The molecule has 0 aliphatic carbocycles. The highest BCUT2D eigenvalue weighted by Gasteiger charge is 1.96. The van der Waals surface area contributed by atoms with Gasteiger partial charge in [0.05, 0.1) is 6.17 Å². The summed E-state index contributed by atoms with van der Waals surface area (Å²) >= 11 is 0. The van der Waals surface area contributed by atoms with Crippen LogP contribution in [0.25, 0.3) is 0 Å². The molecule has 0 aliphatic rings. The van der Waals surface area contributed by atoms with Gasteiger partial charge in [0.1, 0.15) is 0 Å². The third-order valence-electron chi connectivity index (χ3n) is 2.32. The summed E-state index contributed by atoms with van der Waals surface area (Å²) in [5.41, 5.74) is 10.9. The Labute approximate surface area is 83.1 Å². The van der Waals surface area contributed by atoms with E-state index in [9.17, 15) is 0 Å². The van der Waals surface area contributed by atoms with E-state index in [-0.39, 0.29) is 6.17 Å². The maximum atomic E-state index is 5.45. The van der Waals surface area contributed by atoms with Crippen LogP contribution in [-0.4, -0.2) is 6.17 Å². The summed E-state index contributed by atoms with van der Waals surface area (Å²) in [6.45, 7) is 4.57. The fourth-order valence-corrected chi connectivity index (χ4v) is 1.46. The predicted molar refractivity (Wildman–Crippen MR) is 59.3 cm³/mol. The van der Waals surface area contributed by atoms with Crippen molar-refractivity contribution in [3.05, 3.63) is 0 Å². The summed E-state index contributed by atoms with van der Waals surface area (Å²) in [7, 11) is 0. The molecule has 0 spiro atoms. The van der Waals surface area contributed by atoms with Crippen molar-refractivity contribution in [1.29, 1.82) is 0 Å². The van der Waals surface area contributed by atoms with Crippen molar-refractivity contribution >= 4 is 0 Å². The molecule has 0 amide bonds. The average molecular weight is 186 g/mol. The van der Waals surface area contributed by atoms with E-state index in [1.54, 1.807) is 0 Å². The molecule has 0 rings (SSSR count). The van der Waals surface area contributed by atoms with Crippen LogP contribution in [0.2, 0.25) is 0 Å². The topological polar surface area (TPSA) is 52.0 Å². The number of hydrogen-bond donors (Lipinski definition) is 2. The van der Waals surface area contributed by atoms with Gasteiger partial charge in [-0.25, -0.2) is 0 Å². The molecule has 0 aromatic carbocycles. The highest BCUT2D eigenvalue weighted by Crippen LogP contribution is 2.11. The monoisotopic (exact) mass is 186 g/mol. The summed E-state index contributed by atoms with van der Waals surface area (Å²) in [6.07, 6.45) is 8.84. The maximum Gasteiger partial charge on any atom is 0.0520 e. The van der Waals surface area contributed by atoms with Crippen molar-refractivity contribution < 1.29 is 0 Å². The molecule has 0 heterocycles. The molecule has 2 nitrogen and oxygen atoms in total. The van der Waals surface area contributed by atoms with E-state index in [0.29, 0.717) is 0 Å². The van der Waals surface area contributed by atoms with E-state index in [4.69, 9.17) is 11.5 Å². The lowest BCUT2D eigenvalue weighted by Crippen LogP contribution is -2.29. The van der Waals surface area contributed by atoms with Gasteiger partial charge in [0.25, 0.3) is 0 Å². The zero-order valence-electron chi connectivity index (χ0n) is 9.26. The Bertz CT molecular complexity index is 88.3. The molecule has 0 aliphatic heterocycles. The van der Waals surface area contributed by atoms with Gasteiger partial charge in [-0.15, -0.1) is 0 Å². The highest BCUT2D eigenvalue weighted by atomic mass is 14.8. The molecule has 0 unspecified atom stereocenters. The van der Waals surface area contributed by atoms with Gasteiger partial charge >= 0.3 is 0 Å². The van der Waals surface area contributed by atoms with E-state index < -0.39 is 0 Å². The molecule has 0 saturated carbocycles. The second-order valence-electron chi connectivity index (χ2n) is 4.40. The first kappa shape index (κ1) is 12.9. The Hall–Kier alpha value is -0.0800. The van der Waals surface area contributed by atoms with E-state index in [1.807, 2.05) is 0 Å². The second kappa shape index (κ2) is 8.52. The molecule has 4 N–H and O–H groups in total. The number of unbranched alkanes of at least 4 members (excludes halogenated alkanes) is 4. The van der Waals surface area contributed by atoms with Crippen LogP contribution < -0.4 is 11.5 Å². The normalized spacial score (nSPS) is 11.5. The van der Waals surface area contributed by atoms with Crippen LogP contribution in [0.5, 0.6) is 0 Å². The van der Waals surface area contributed by atoms with Crippen LogP contribution >= 0.6 is 0 Å². The van der Waals surface area contributed by atoms with Crippen LogP contribution in [0, 0.1) is 5.92 Å². The second-order valence-corrected chi connectivity index (χ2v) is 4.40. The molecule has 0 radical (unpaired) electrons. The van der Waals surface area contributed by atoms with Gasteiger partial charge in [-0.2, -0.15) is 0 Å². The summed E-state index contributed by atoms with van der Waals surface area (Å²) in [5, 5.41) is 0. The zero-order chi connectivity index (χ0) is 10.1. The van der Waals surface area contributed by atoms with Crippen LogP contribution in [0.4, 0.5) is 0 Å². The molecule has 13 heavy (non-hydrogen) atoms. The molecule has 0 fully saturated rings.